The monoisotopic (exact) mass is 328 g/mol. The third-order valence-electron chi connectivity index (χ3n) is 3.22. The molecule has 0 aliphatic heterocycles. The van der Waals surface area contributed by atoms with Gasteiger partial charge in [-0.05, 0) is 35.9 Å². The van der Waals surface area contributed by atoms with Gasteiger partial charge in [-0.25, -0.2) is 0 Å². The van der Waals surface area contributed by atoms with Crippen LogP contribution < -0.4 is 11.2 Å². The van der Waals surface area contributed by atoms with E-state index in [2.05, 4.69) is 20.5 Å². The normalized spacial score (nSPS) is 10.8. The predicted molar refractivity (Wildman–Crippen MR) is 85.9 cm³/mol. The highest BCUT2D eigenvalue weighted by atomic mass is 79.9. The molecule has 100 valence electrons. The van der Waals surface area contributed by atoms with Gasteiger partial charge in [0.2, 0.25) is 0 Å². The van der Waals surface area contributed by atoms with Crippen molar-refractivity contribution in [2.75, 3.05) is 5.73 Å². The summed E-state index contributed by atoms with van der Waals surface area (Å²) in [5.41, 5.74) is 8.65. The number of anilines is 1. The molecular formula is C16H13BrN2O. The van der Waals surface area contributed by atoms with Gasteiger partial charge in [0, 0.05) is 34.4 Å². The summed E-state index contributed by atoms with van der Waals surface area (Å²) in [4.78, 5) is 11.9. The molecule has 0 amide bonds. The Hall–Kier alpha value is -2.07. The van der Waals surface area contributed by atoms with Crippen LogP contribution >= 0.6 is 15.9 Å². The number of halogens is 1. The van der Waals surface area contributed by atoms with Crippen LogP contribution in [0.3, 0.4) is 0 Å². The van der Waals surface area contributed by atoms with Crippen molar-refractivity contribution in [2.24, 2.45) is 0 Å². The third kappa shape index (κ3) is 2.47. The fourth-order valence-corrected chi connectivity index (χ4v) is 2.92. The number of fused-ring (bicyclic) bond motifs is 1. The van der Waals surface area contributed by atoms with Crippen LogP contribution in [0.15, 0.2) is 64.0 Å². The fourth-order valence-electron chi connectivity index (χ4n) is 2.36. The predicted octanol–water partition coefficient (Wildman–Crippen LogP) is 3.39. The van der Waals surface area contributed by atoms with Crippen molar-refractivity contribution in [3.8, 4) is 0 Å². The lowest BCUT2D eigenvalue weighted by Crippen LogP contribution is -2.08. The van der Waals surface area contributed by atoms with Crippen molar-refractivity contribution < 1.29 is 0 Å². The number of nitrogen functional groups attached to an aromatic ring is 1. The molecule has 0 bridgehead atoms. The summed E-state index contributed by atoms with van der Waals surface area (Å²) >= 11 is 3.45. The van der Waals surface area contributed by atoms with Gasteiger partial charge in [-0.15, -0.1) is 0 Å². The largest absolute Gasteiger partial charge is 0.399 e. The van der Waals surface area contributed by atoms with E-state index in [4.69, 9.17) is 5.73 Å². The molecule has 3 aromatic rings. The molecular weight excluding hydrogens is 316 g/mol. The number of benzene rings is 2. The molecule has 0 saturated heterocycles. The molecule has 0 fully saturated rings. The van der Waals surface area contributed by atoms with Gasteiger partial charge in [0.15, 0.2) is 5.43 Å². The topological polar surface area (TPSA) is 48.0 Å². The van der Waals surface area contributed by atoms with E-state index in [9.17, 15) is 4.79 Å². The standard InChI is InChI=1S/C16H13BrN2O/c17-12-7-11(8-13(18)9-12)10-19-6-5-16(20)14-3-1-2-4-15(14)19/h1-9H,10,18H2. The summed E-state index contributed by atoms with van der Waals surface area (Å²) in [6.45, 7) is 0.671. The molecule has 4 heteroatoms. The number of hydrogen-bond donors (Lipinski definition) is 1. The maximum Gasteiger partial charge on any atom is 0.189 e. The highest BCUT2D eigenvalue weighted by Gasteiger charge is 2.04. The third-order valence-corrected chi connectivity index (χ3v) is 3.68. The van der Waals surface area contributed by atoms with Crippen molar-refractivity contribution in [3.05, 3.63) is 75.0 Å². The fraction of sp³-hybridized carbons (Fsp3) is 0.0625. The minimum absolute atomic E-state index is 0.0469. The Morgan fingerprint density at radius 2 is 1.90 bits per heavy atom. The van der Waals surface area contributed by atoms with Crippen LogP contribution in [0.4, 0.5) is 5.69 Å². The quantitative estimate of drug-likeness (QED) is 0.733. The molecule has 0 aliphatic carbocycles. The number of nitrogens with zero attached hydrogens (tertiary/aromatic N) is 1. The minimum Gasteiger partial charge on any atom is -0.399 e. The first kappa shape index (κ1) is 12.9. The zero-order valence-electron chi connectivity index (χ0n) is 10.7. The molecule has 3 rings (SSSR count). The van der Waals surface area contributed by atoms with Gasteiger partial charge in [-0.3, -0.25) is 4.79 Å². The summed E-state index contributed by atoms with van der Waals surface area (Å²) < 4.78 is 3.01. The van der Waals surface area contributed by atoms with Crippen molar-refractivity contribution in [3.63, 3.8) is 0 Å². The molecule has 0 radical (unpaired) electrons. The Bertz CT molecular complexity index is 819. The lowest BCUT2D eigenvalue weighted by molar-refractivity contribution is 0.825. The van der Waals surface area contributed by atoms with E-state index >= 15 is 0 Å². The van der Waals surface area contributed by atoms with Crippen LogP contribution in [0, 0.1) is 0 Å². The Labute approximate surface area is 124 Å². The van der Waals surface area contributed by atoms with Crippen molar-refractivity contribution in [1.29, 1.82) is 0 Å². The van der Waals surface area contributed by atoms with Crippen molar-refractivity contribution in [1.82, 2.24) is 4.57 Å². The minimum atomic E-state index is 0.0469. The number of para-hydroxylation sites is 1. The molecule has 1 aromatic heterocycles. The van der Waals surface area contributed by atoms with E-state index in [1.54, 1.807) is 6.07 Å². The summed E-state index contributed by atoms with van der Waals surface area (Å²) in [6, 6.07) is 15.1. The highest BCUT2D eigenvalue weighted by Crippen LogP contribution is 2.19. The molecule has 1 heterocycles. The summed E-state index contributed by atoms with van der Waals surface area (Å²) in [5.74, 6) is 0. The van der Waals surface area contributed by atoms with Gasteiger partial charge in [0.25, 0.3) is 0 Å². The van der Waals surface area contributed by atoms with Crippen LogP contribution in [0.5, 0.6) is 0 Å². The van der Waals surface area contributed by atoms with E-state index in [1.807, 2.05) is 48.7 Å². The Kier molecular flexibility index (Phi) is 3.32. The van der Waals surface area contributed by atoms with Crippen LogP contribution in [-0.2, 0) is 6.54 Å². The number of nitrogens with two attached hydrogens (primary N) is 1. The average Bonchev–Trinajstić information content (AvgIpc) is 2.41. The van der Waals surface area contributed by atoms with E-state index < -0.39 is 0 Å². The molecule has 20 heavy (non-hydrogen) atoms. The SMILES string of the molecule is Nc1cc(Br)cc(Cn2ccc(=O)c3ccccc32)c1. The first-order valence-electron chi connectivity index (χ1n) is 6.26. The molecule has 3 nitrogen and oxygen atoms in total. The van der Waals surface area contributed by atoms with Crippen LogP contribution in [0.2, 0.25) is 0 Å². The zero-order chi connectivity index (χ0) is 14.1. The van der Waals surface area contributed by atoms with Gasteiger partial charge in [0.05, 0.1) is 5.52 Å². The second kappa shape index (κ2) is 5.13. The van der Waals surface area contributed by atoms with Gasteiger partial charge in [-0.2, -0.15) is 0 Å². The molecule has 2 N–H and O–H groups in total. The summed E-state index contributed by atoms with van der Waals surface area (Å²) in [6.07, 6.45) is 1.82. The highest BCUT2D eigenvalue weighted by molar-refractivity contribution is 9.10. The summed E-state index contributed by atoms with van der Waals surface area (Å²) in [5, 5.41) is 0.734. The lowest BCUT2D eigenvalue weighted by atomic mass is 10.1. The molecule has 0 aliphatic rings. The van der Waals surface area contributed by atoms with Gasteiger partial charge in [0.1, 0.15) is 0 Å². The smallest absolute Gasteiger partial charge is 0.189 e. The summed E-state index contributed by atoms with van der Waals surface area (Å²) in [7, 11) is 0. The number of hydrogen-bond acceptors (Lipinski definition) is 2. The van der Waals surface area contributed by atoms with E-state index in [-0.39, 0.29) is 5.43 Å². The van der Waals surface area contributed by atoms with Crippen LogP contribution in [0.1, 0.15) is 5.56 Å². The second-order valence-corrected chi connectivity index (χ2v) is 5.63. The first-order valence-corrected chi connectivity index (χ1v) is 7.06. The number of pyridine rings is 1. The maximum absolute atomic E-state index is 11.9. The van der Waals surface area contributed by atoms with Crippen molar-refractivity contribution in [2.45, 2.75) is 6.54 Å². The molecule has 0 spiro atoms. The van der Waals surface area contributed by atoms with Gasteiger partial charge < -0.3 is 10.3 Å². The Morgan fingerprint density at radius 1 is 1.10 bits per heavy atom. The second-order valence-electron chi connectivity index (χ2n) is 4.72. The van der Waals surface area contributed by atoms with E-state index in [1.165, 1.54) is 0 Å². The van der Waals surface area contributed by atoms with Crippen LogP contribution in [0.25, 0.3) is 10.9 Å². The lowest BCUT2D eigenvalue weighted by Gasteiger charge is -2.11. The van der Waals surface area contributed by atoms with Crippen LogP contribution in [-0.4, -0.2) is 4.57 Å². The average molecular weight is 329 g/mol. The number of rotatable bonds is 2. The number of aromatic nitrogens is 1. The molecule has 0 unspecified atom stereocenters. The van der Waals surface area contributed by atoms with E-state index in [0.717, 1.165) is 26.6 Å². The van der Waals surface area contributed by atoms with Gasteiger partial charge >= 0.3 is 0 Å². The molecule has 0 saturated carbocycles. The first-order chi connectivity index (χ1) is 9.63. The molecule has 0 atom stereocenters. The van der Waals surface area contributed by atoms with E-state index in [0.29, 0.717) is 6.54 Å². The zero-order valence-corrected chi connectivity index (χ0v) is 12.3. The Balaban J connectivity index is 2.11. The van der Waals surface area contributed by atoms with Gasteiger partial charge in [-0.1, -0.05) is 28.1 Å². The maximum atomic E-state index is 11.9. The Morgan fingerprint density at radius 3 is 2.70 bits per heavy atom. The van der Waals surface area contributed by atoms with Crippen molar-refractivity contribution >= 4 is 32.5 Å². The molecule has 2 aromatic carbocycles.